The molecular formula is C16H25N3O2. The lowest BCUT2D eigenvalue weighted by atomic mass is 10.1. The highest BCUT2D eigenvalue weighted by atomic mass is 16.3. The number of aliphatic hydroxyl groups excluding tert-OH is 1. The van der Waals surface area contributed by atoms with Gasteiger partial charge < -0.3 is 20.2 Å². The number of nitrogens with zero attached hydrogens (tertiary/aromatic N) is 2. The molecule has 21 heavy (non-hydrogen) atoms. The molecule has 0 spiro atoms. The highest BCUT2D eigenvalue weighted by Gasteiger charge is 2.14. The van der Waals surface area contributed by atoms with Crippen molar-refractivity contribution in [1.29, 1.82) is 0 Å². The largest absolute Gasteiger partial charge is 0.389 e. The van der Waals surface area contributed by atoms with E-state index in [1.54, 1.807) is 17.9 Å². The van der Waals surface area contributed by atoms with Gasteiger partial charge in [-0.15, -0.1) is 0 Å². The van der Waals surface area contributed by atoms with Crippen molar-refractivity contribution in [2.24, 2.45) is 0 Å². The Kier molecular flexibility index (Phi) is 5.59. The smallest absolute Gasteiger partial charge is 0.321 e. The van der Waals surface area contributed by atoms with E-state index in [0.717, 1.165) is 31.7 Å². The van der Waals surface area contributed by atoms with Crippen LogP contribution in [0.5, 0.6) is 0 Å². The van der Waals surface area contributed by atoms with Crippen molar-refractivity contribution in [1.82, 2.24) is 9.80 Å². The topological polar surface area (TPSA) is 55.8 Å². The molecule has 1 atom stereocenters. The van der Waals surface area contributed by atoms with Gasteiger partial charge in [-0.05, 0) is 50.6 Å². The molecule has 116 valence electrons. The summed E-state index contributed by atoms with van der Waals surface area (Å²) in [6.07, 6.45) is 2.00. The minimum Gasteiger partial charge on any atom is -0.389 e. The molecule has 0 aliphatic carbocycles. The molecule has 1 aliphatic rings. The summed E-state index contributed by atoms with van der Waals surface area (Å²) in [6.45, 7) is 5.65. The summed E-state index contributed by atoms with van der Waals surface area (Å²) in [5, 5.41) is 12.4. The summed E-state index contributed by atoms with van der Waals surface area (Å²) in [6, 6.07) is 7.20. The molecule has 0 saturated carbocycles. The van der Waals surface area contributed by atoms with Gasteiger partial charge in [0.25, 0.3) is 0 Å². The number of hydrogen-bond acceptors (Lipinski definition) is 3. The van der Waals surface area contributed by atoms with E-state index in [-0.39, 0.29) is 6.03 Å². The Labute approximate surface area is 126 Å². The summed E-state index contributed by atoms with van der Waals surface area (Å²) < 4.78 is 0. The summed E-state index contributed by atoms with van der Waals surface area (Å²) in [5.74, 6) is 0. The average Bonchev–Trinajstić information content (AvgIpc) is 2.98. The van der Waals surface area contributed by atoms with E-state index in [1.165, 1.54) is 12.8 Å². The summed E-state index contributed by atoms with van der Waals surface area (Å²) in [5.41, 5.74) is 1.51. The molecule has 1 saturated heterocycles. The molecule has 1 aromatic rings. The number of rotatable bonds is 5. The molecule has 0 bridgehead atoms. The minimum absolute atomic E-state index is 0.114. The number of amides is 2. The maximum absolute atomic E-state index is 12.1. The van der Waals surface area contributed by atoms with Crippen molar-refractivity contribution in [3.05, 3.63) is 29.8 Å². The van der Waals surface area contributed by atoms with Crippen LogP contribution in [0.15, 0.2) is 24.3 Å². The molecule has 1 unspecified atom stereocenters. The first-order valence-corrected chi connectivity index (χ1v) is 7.59. The van der Waals surface area contributed by atoms with Crippen molar-refractivity contribution >= 4 is 11.7 Å². The summed E-state index contributed by atoms with van der Waals surface area (Å²) >= 11 is 0. The van der Waals surface area contributed by atoms with Crippen LogP contribution in [-0.4, -0.2) is 54.2 Å². The zero-order valence-corrected chi connectivity index (χ0v) is 12.9. The van der Waals surface area contributed by atoms with Gasteiger partial charge in [0.05, 0.1) is 6.10 Å². The Balaban J connectivity index is 1.83. The Morgan fingerprint density at radius 2 is 2.14 bits per heavy atom. The first-order chi connectivity index (χ1) is 10.1. The normalized spacial score (nSPS) is 16.7. The second kappa shape index (κ2) is 7.43. The number of likely N-dealkylation sites (tertiary alicyclic amines) is 1. The maximum Gasteiger partial charge on any atom is 0.321 e. The molecule has 0 radical (unpaired) electrons. The van der Waals surface area contributed by atoms with E-state index in [4.69, 9.17) is 0 Å². The lowest BCUT2D eigenvalue weighted by Gasteiger charge is -2.22. The summed E-state index contributed by atoms with van der Waals surface area (Å²) in [7, 11) is 1.81. The van der Waals surface area contributed by atoms with Crippen molar-refractivity contribution in [3.8, 4) is 0 Å². The quantitative estimate of drug-likeness (QED) is 0.875. The van der Waals surface area contributed by atoms with Gasteiger partial charge in [-0.2, -0.15) is 0 Å². The van der Waals surface area contributed by atoms with Gasteiger partial charge in [-0.3, -0.25) is 0 Å². The van der Waals surface area contributed by atoms with Gasteiger partial charge in [0, 0.05) is 25.8 Å². The zero-order chi connectivity index (χ0) is 15.2. The van der Waals surface area contributed by atoms with Crippen LogP contribution in [0.2, 0.25) is 0 Å². The molecule has 5 nitrogen and oxygen atoms in total. The second-order valence-corrected chi connectivity index (χ2v) is 5.70. The molecular weight excluding hydrogens is 266 g/mol. The number of carbonyl (C=O) groups is 1. The Bertz CT molecular complexity index is 470. The maximum atomic E-state index is 12.1. The predicted octanol–water partition coefficient (Wildman–Crippen LogP) is 2.30. The molecule has 2 amide bonds. The minimum atomic E-state index is -0.533. The van der Waals surface area contributed by atoms with Crippen LogP contribution in [0.3, 0.4) is 0 Å². The van der Waals surface area contributed by atoms with E-state index in [0.29, 0.717) is 5.69 Å². The third-order valence-corrected chi connectivity index (χ3v) is 3.92. The predicted molar refractivity (Wildman–Crippen MR) is 84.4 cm³/mol. The van der Waals surface area contributed by atoms with E-state index in [1.807, 2.05) is 25.2 Å². The number of aliphatic hydroxyl groups is 1. The van der Waals surface area contributed by atoms with Gasteiger partial charge in [0.2, 0.25) is 0 Å². The first kappa shape index (κ1) is 15.8. The number of benzene rings is 1. The Morgan fingerprint density at radius 1 is 1.43 bits per heavy atom. The van der Waals surface area contributed by atoms with Crippen molar-refractivity contribution in [2.75, 3.05) is 38.5 Å². The van der Waals surface area contributed by atoms with Crippen LogP contribution >= 0.6 is 0 Å². The van der Waals surface area contributed by atoms with Crippen LogP contribution in [-0.2, 0) is 0 Å². The second-order valence-electron chi connectivity index (χ2n) is 5.70. The number of anilines is 1. The fourth-order valence-corrected chi connectivity index (χ4v) is 2.49. The molecule has 1 aromatic carbocycles. The van der Waals surface area contributed by atoms with Crippen LogP contribution in [0.4, 0.5) is 10.5 Å². The average molecular weight is 291 g/mol. The molecule has 1 heterocycles. The number of nitrogens with one attached hydrogen (secondary N) is 1. The van der Waals surface area contributed by atoms with E-state index in [9.17, 15) is 9.90 Å². The zero-order valence-electron chi connectivity index (χ0n) is 12.9. The number of hydrogen-bond donors (Lipinski definition) is 2. The van der Waals surface area contributed by atoms with E-state index >= 15 is 0 Å². The molecule has 5 heteroatoms. The van der Waals surface area contributed by atoms with Crippen molar-refractivity contribution in [2.45, 2.75) is 25.9 Å². The lowest BCUT2D eigenvalue weighted by Crippen LogP contribution is -2.37. The Morgan fingerprint density at radius 3 is 2.81 bits per heavy atom. The van der Waals surface area contributed by atoms with Crippen LogP contribution in [0.25, 0.3) is 0 Å². The van der Waals surface area contributed by atoms with Gasteiger partial charge in [-0.1, -0.05) is 12.1 Å². The first-order valence-electron chi connectivity index (χ1n) is 7.59. The molecule has 2 N–H and O–H groups in total. The third kappa shape index (κ3) is 4.72. The number of carbonyl (C=O) groups excluding carboxylic acids is 1. The fraction of sp³-hybridized carbons (Fsp3) is 0.562. The highest BCUT2D eigenvalue weighted by Crippen LogP contribution is 2.17. The molecule has 0 aromatic heterocycles. The SMILES string of the molecule is CC(O)c1cccc(NC(=O)N(C)CCN2CCCC2)c1. The van der Waals surface area contributed by atoms with Crippen molar-refractivity contribution in [3.63, 3.8) is 0 Å². The van der Waals surface area contributed by atoms with Crippen LogP contribution in [0.1, 0.15) is 31.4 Å². The number of urea groups is 1. The Hall–Kier alpha value is -1.59. The number of likely N-dealkylation sites (N-methyl/N-ethyl adjacent to an activating group) is 1. The highest BCUT2D eigenvalue weighted by molar-refractivity contribution is 5.89. The monoisotopic (exact) mass is 291 g/mol. The van der Waals surface area contributed by atoms with Crippen molar-refractivity contribution < 1.29 is 9.90 Å². The van der Waals surface area contributed by atoms with E-state index in [2.05, 4.69) is 10.2 Å². The van der Waals surface area contributed by atoms with Gasteiger partial charge in [0.1, 0.15) is 0 Å². The van der Waals surface area contributed by atoms with Crippen LogP contribution in [0, 0.1) is 0 Å². The van der Waals surface area contributed by atoms with Gasteiger partial charge in [-0.25, -0.2) is 4.79 Å². The standard InChI is InChI=1S/C16H25N3O2/c1-13(20)14-6-5-7-15(12-14)17-16(21)18(2)10-11-19-8-3-4-9-19/h5-7,12-13,20H,3-4,8-11H2,1-2H3,(H,17,21). The fourth-order valence-electron chi connectivity index (χ4n) is 2.49. The van der Waals surface area contributed by atoms with Gasteiger partial charge in [0.15, 0.2) is 0 Å². The molecule has 2 rings (SSSR count). The summed E-state index contributed by atoms with van der Waals surface area (Å²) in [4.78, 5) is 16.2. The van der Waals surface area contributed by atoms with Gasteiger partial charge >= 0.3 is 6.03 Å². The molecule has 1 aliphatic heterocycles. The lowest BCUT2D eigenvalue weighted by molar-refractivity contribution is 0.199. The van der Waals surface area contributed by atoms with E-state index < -0.39 is 6.10 Å². The molecule has 1 fully saturated rings. The van der Waals surface area contributed by atoms with Crippen LogP contribution < -0.4 is 5.32 Å². The third-order valence-electron chi connectivity index (χ3n) is 3.92.